The second kappa shape index (κ2) is 7.15. The molecule has 20 heavy (non-hydrogen) atoms. The minimum atomic E-state index is -4.21. The van der Waals surface area contributed by atoms with Crippen molar-refractivity contribution < 1.29 is 53.4 Å². The third-order valence-electron chi connectivity index (χ3n) is 2.50. The molecule has 1 saturated heterocycles. The molecule has 11 heteroatoms. The molecule has 0 aliphatic carbocycles. The maximum atomic E-state index is 11.4. The van der Waals surface area contributed by atoms with Crippen LogP contribution in [0, 0.1) is 0 Å². The van der Waals surface area contributed by atoms with Crippen LogP contribution in [-0.2, 0) is 20.6 Å². The molecule has 0 aromatic carbocycles. The Morgan fingerprint density at radius 2 is 2.15 bits per heavy atom. The van der Waals surface area contributed by atoms with Crippen molar-refractivity contribution in [2.75, 3.05) is 12.8 Å². The number of nitrogens with zero attached hydrogens (tertiary/aromatic N) is 1. The van der Waals surface area contributed by atoms with Crippen LogP contribution in [0.25, 0.3) is 0 Å². The fourth-order valence-corrected chi connectivity index (χ4v) is 2.28. The van der Waals surface area contributed by atoms with E-state index in [0.717, 1.165) is 0 Å². The first kappa shape index (κ1) is 17.8. The standard InChI is InChI=1S/C9H13N2O7P.Na/c12-7-1-2-11(9(13)10-7)3-6-4-17-8(18-6)5-19(14,15)16;/h1-2,6,8H,3-5H2,(H,10,12,13)(H2,14,15,16);/q;+1. The molecule has 2 atom stereocenters. The summed E-state index contributed by atoms with van der Waals surface area (Å²) in [4.78, 5) is 42.0. The van der Waals surface area contributed by atoms with Crippen LogP contribution in [0.5, 0.6) is 0 Å². The van der Waals surface area contributed by atoms with Crippen LogP contribution in [-0.4, -0.2) is 44.5 Å². The Kier molecular flexibility index (Phi) is 6.36. The number of nitrogens with one attached hydrogen (secondary N) is 1. The number of hydrogen-bond donors (Lipinski definition) is 3. The van der Waals surface area contributed by atoms with Gasteiger partial charge in [0, 0.05) is 12.3 Å². The Labute approximate surface area is 135 Å². The molecule has 0 saturated carbocycles. The Morgan fingerprint density at radius 3 is 2.75 bits per heavy atom. The Morgan fingerprint density at radius 1 is 1.45 bits per heavy atom. The molecule has 0 spiro atoms. The molecule has 0 amide bonds. The number of H-pyrrole nitrogens is 1. The predicted molar refractivity (Wildman–Crippen MR) is 62.8 cm³/mol. The summed E-state index contributed by atoms with van der Waals surface area (Å²) in [7, 11) is -4.21. The van der Waals surface area contributed by atoms with E-state index in [-0.39, 0.29) is 42.7 Å². The van der Waals surface area contributed by atoms with Gasteiger partial charge in [-0.15, -0.1) is 0 Å². The van der Waals surface area contributed by atoms with Gasteiger partial charge in [-0.3, -0.25) is 18.9 Å². The minimum Gasteiger partial charge on any atom is -0.349 e. The van der Waals surface area contributed by atoms with E-state index < -0.39 is 37.4 Å². The molecule has 9 nitrogen and oxygen atoms in total. The number of hydrogen-bond acceptors (Lipinski definition) is 5. The Hall–Kier alpha value is -0.250. The number of ether oxygens (including phenoxy) is 2. The summed E-state index contributed by atoms with van der Waals surface area (Å²) < 4.78 is 22.4. The molecule has 2 rings (SSSR count). The van der Waals surface area contributed by atoms with E-state index in [4.69, 9.17) is 19.3 Å². The first-order valence-electron chi connectivity index (χ1n) is 5.45. The van der Waals surface area contributed by atoms with Gasteiger partial charge in [0.25, 0.3) is 5.56 Å². The SMILES string of the molecule is O=c1ccn(CC2COC(CP(=O)(O)O)O2)c(=O)[nH]1.[Na+]. The van der Waals surface area contributed by atoms with Crippen molar-refractivity contribution in [2.24, 2.45) is 0 Å². The zero-order valence-corrected chi connectivity index (χ0v) is 13.7. The van der Waals surface area contributed by atoms with Crippen molar-refractivity contribution in [1.82, 2.24) is 9.55 Å². The molecule has 2 heterocycles. The van der Waals surface area contributed by atoms with E-state index >= 15 is 0 Å². The van der Waals surface area contributed by atoms with Crippen LogP contribution in [0.1, 0.15) is 0 Å². The summed E-state index contributed by atoms with van der Waals surface area (Å²) in [5, 5.41) is 0. The fourth-order valence-electron chi connectivity index (χ4n) is 1.70. The largest absolute Gasteiger partial charge is 1.00 e. The van der Waals surface area contributed by atoms with E-state index in [0.29, 0.717) is 0 Å². The second-order valence-electron chi connectivity index (χ2n) is 4.13. The number of rotatable bonds is 4. The van der Waals surface area contributed by atoms with Crippen LogP contribution in [0.3, 0.4) is 0 Å². The van der Waals surface area contributed by atoms with Crippen LogP contribution in [0.15, 0.2) is 21.9 Å². The minimum absolute atomic E-state index is 0. The van der Waals surface area contributed by atoms with E-state index in [1.807, 2.05) is 0 Å². The van der Waals surface area contributed by atoms with Gasteiger partial charge in [0.1, 0.15) is 12.3 Å². The summed E-state index contributed by atoms with van der Waals surface area (Å²) in [6.07, 6.45) is -0.686. The first-order chi connectivity index (χ1) is 8.83. The van der Waals surface area contributed by atoms with Gasteiger partial charge in [0.05, 0.1) is 13.2 Å². The molecular formula is C9H13N2NaO7P+. The maximum Gasteiger partial charge on any atom is 1.00 e. The zero-order chi connectivity index (χ0) is 14.0. The summed E-state index contributed by atoms with van der Waals surface area (Å²) >= 11 is 0. The fraction of sp³-hybridized carbons (Fsp3) is 0.556. The van der Waals surface area contributed by atoms with Crippen LogP contribution < -0.4 is 40.8 Å². The van der Waals surface area contributed by atoms with E-state index in [1.165, 1.54) is 16.8 Å². The van der Waals surface area contributed by atoms with Gasteiger partial charge in [-0.1, -0.05) is 0 Å². The van der Waals surface area contributed by atoms with E-state index in [1.54, 1.807) is 0 Å². The van der Waals surface area contributed by atoms with Crippen molar-refractivity contribution >= 4 is 7.60 Å². The van der Waals surface area contributed by atoms with Crippen molar-refractivity contribution in [3.8, 4) is 0 Å². The quantitative estimate of drug-likeness (QED) is 0.377. The van der Waals surface area contributed by atoms with Crippen molar-refractivity contribution in [3.63, 3.8) is 0 Å². The first-order valence-corrected chi connectivity index (χ1v) is 7.25. The number of aromatic nitrogens is 2. The monoisotopic (exact) mass is 315 g/mol. The molecule has 106 valence electrons. The molecule has 1 aromatic rings. The predicted octanol–water partition coefficient (Wildman–Crippen LogP) is -4.54. The molecule has 0 radical (unpaired) electrons. The third-order valence-corrected chi connectivity index (χ3v) is 3.27. The van der Waals surface area contributed by atoms with Gasteiger partial charge in [-0.05, 0) is 0 Å². The topological polar surface area (TPSA) is 131 Å². The van der Waals surface area contributed by atoms with Crippen LogP contribution >= 0.6 is 7.60 Å². The van der Waals surface area contributed by atoms with Gasteiger partial charge in [0.15, 0.2) is 6.29 Å². The van der Waals surface area contributed by atoms with Gasteiger partial charge < -0.3 is 19.3 Å². The average molecular weight is 315 g/mol. The second-order valence-corrected chi connectivity index (χ2v) is 5.83. The molecule has 2 unspecified atom stereocenters. The molecule has 0 bridgehead atoms. The van der Waals surface area contributed by atoms with Gasteiger partial charge in [0.2, 0.25) is 0 Å². The van der Waals surface area contributed by atoms with Gasteiger partial charge >= 0.3 is 42.8 Å². The van der Waals surface area contributed by atoms with Gasteiger partial charge in [-0.25, -0.2) is 4.79 Å². The normalized spacial score (nSPS) is 22.5. The van der Waals surface area contributed by atoms with Gasteiger partial charge in [-0.2, -0.15) is 0 Å². The van der Waals surface area contributed by atoms with Crippen molar-refractivity contribution in [2.45, 2.75) is 18.9 Å². The molecular weight excluding hydrogens is 302 g/mol. The molecule has 3 N–H and O–H groups in total. The van der Waals surface area contributed by atoms with E-state index in [2.05, 4.69) is 4.98 Å². The summed E-state index contributed by atoms with van der Waals surface area (Å²) in [5.41, 5.74) is -1.07. The van der Waals surface area contributed by atoms with Crippen LogP contribution in [0.2, 0.25) is 0 Å². The maximum absolute atomic E-state index is 11.4. The third kappa shape index (κ3) is 5.27. The Bertz CT molecular complexity index is 609. The van der Waals surface area contributed by atoms with Crippen LogP contribution in [0.4, 0.5) is 0 Å². The molecule has 1 aliphatic heterocycles. The van der Waals surface area contributed by atoms with Crippen molar-refractivity contribution in [3.05, 3.63) is 33.1 Å². The molecule has 1 fully saturated rings. The van der Waals surface area contributed by atoms with Crippen molar-refractivity contribution in [1.29, 1.82) is 0 Å². The smallest absolute Gasteiger partial charge is 0.349 e. The summed E-state index contributed by atoms with van der Waals surface area (Å²) in [6, 6.07) is 1.20. The zero-order valence-electron chi connectivity index (χ0n) is 10.8. The molecule has 1 aromatic heterocycles. The van der Waals surface area contributed by atoms with E-state index in [9.17, 15) is 14.2 Å². The average Bonchev–Trinajstić information content (AvgIpc) is 2.67. The molecule has 1 aliphatic rings. The Balaban J connectivity index is 0.00000200. The summed E-state index contributed by atoms with van der Waals surface area (Å²) in [5.74, 6) is 0. The summed E-state index contributed by atoms with van der Waals surface area (Å²) in [6.45, 7) is 0.253. The number of aromatic amines is 1.